The maximum Gasteiger partial charge on any atom is 0.0540 e. The average Bonchev–Trinajstić information content (AvgIpc) is 3.20. The molecule has 41 heavy (non-hydrogen) atoms. The fourth-order valence-electron chi connectivity index (χ4n) is 4.91. The van der Waals surface area contributed by atoms with E-state index in [4.69, 9.17) is 4.74 Å². The van der Waals surface area contributed by atoms with Crippen LogP contribution in [0.5, 0.6) is 0 Å². The topological polar surface area (TPSA) is 9.23 Å². The van der Waals surface area contributed by atoms with Gasteiger partial charge >= 0.3 is 0 Å². The number of benzene rings is 4. The van der Waals surface area contributed by atoms with Crippen LogP contribution in [-0.2, 0) is 24.8 Å². The first-order valence-electron chi connectivity index (χ1n) is 14.1. The van der Waals surface area contributed by atoms with E-state index in [1.54, 1.807) is 0 Å². The van der Waals surface area contributed by atoms with Crippen LogP contribution in [0, 0.1) is 29.6 Å². The first kappa shape index (κ1) is 33.8. The number of rotatable bonds is 9. The van der Waals surface area contributed by atoms with E-state index in [9.17, 15) is 0 Å². The van der Waals surface area contributed by atoms with Gasteiger partial charge in [-0.05, 0) is 67.7 Å². The summed E-state index contributed by atoms with van der Waals surface area (Å²) in [5, 5.41) is 5.83. The summed E-state index contributed by atoms with van der Waals surface area (Å²) in [6, 6.07) is 44.1. The van der Waals surface area contributed by atoms with Gasteiger partial charge in [-0.1, -0.05) is 149 Å². The molecule has 1 saturated carbocycles. The fourth-order valence-corrected chi connectivity index (χ4v) is 11.4. The van der Waals surface area contributed by atoms with Crippen LogP contribution in [0.4, 0.5) is 0 Å². The van der Waals surface area contributed by atoms with Crippen LogP contribution in [0.1, 0.15) is 34.6 Å². The molecule has 1 aliphatic carbocycles. The second-order valence-corrected chi connectivity index (χ2v) is 14.9. The van der Waals surface area contributed by atoms with Gasteiger partial charge in [-0.15, -0.1) is 0 Å². The van der Waals surface area contributed by atoms with Gasteiger partial charge < -0.3 is 4.74 Å². The van der Waals surface area contributed by atoms with Gasteiger partial charge in [0.15, 0.2) is 0 Å². The van der Waals surface area contributed by atoms with Gasteiger partial charge in [0.1, 0.15) is 0 Å². The maximum absolute atomic E-state index is 5.45. The first-order valence-corrected chi connectivity index (χ1v) is 17.1. The number of ether oxygens (including phenoxy) is 1. The first-order chi connectivity index (χ1) is 19.5. The van der Waals surface area contributed by atoms with E-state index in [1.165, 1.54) is 56.7 Å². The molecule has 0 aromatic heterocycles. The van der Waals surface area contributed by atoms with E-state index < -0.39 is 15.8 Å². The molecule has 0 spiro atoms. The van der Waals surface area contributed by atoms with E-state index >= 15 is 0 Å². The van der Waals surface area contributed by atoms with Crippen molar-refractivity contribution < 1.29 is 24.8 Å². The minimum atomic E-state index is -0.409. The molecule has 0 N–H and O–H groups in total. The Kier molecular flexibility index (Phi) is 14.4. The van der Waals surface area contributed by atoms with E-state index in [0.29, 0.717) is 0 Å². The van der Waals surface area contributed by atoms with E-state index in [1.807, 2.05) is 6.92 Å². The predicted octanol–water partition coefficient (Wildman–Crippen LogP) is 8.20. The van der Waals surface area contributed by atoms with Crippen molar-refractivity contribution in [3.63, 3.8) is 0 Å². The summed E-state index contributed by atoms with van der Waals surface area (Å²) < 4.78 is 5.45. The Labute approximate surface area is 265 Å². The second-order valence-electron chi connectivity index (χ2n) is 9.96. The summed E-state index contributed by atoms with van der Waals surface area (Å²) in [5.74, 6) is 8.22. The van der Waals surface area contributed by atoms with Crippen LogP contribution < -0.4 is 21.2 Å². The van der Waals surface area contributed by atoms with Crippen molar-refractivity contribution in [2.45, 2.75) is 34.6 Å². The zero-order valence-electron chi connectivity index (χ0n) is 24.8. The molecule has 1 fully saturated rings. The average molecular weight is 756 g/mol. The Morgan fingerprint density at radius 2 is 0.756 bits per heavy atom. The number of hydrogen-bond acceptors (Lipinski definition) is 1. The summed E-state index contributed by atoms with van der Waals surface area (Å²) in [6.45, 7) is 12.3. The third-order valence-corrected chi connectivity index (χ3v) is 13.5. The third-order valence-electron chi connectivity index (χ3n) is 7.60. The van der Waals surface area contributed by atoms with Gasteiger partial charge in [-0.3, -0.25) is 0 Å². The molecule has 4 heteroatoms. The van der Waals surface area contributed by atoms with Crippen LogP contribution in [0.2, 0.25) is 0 Å². The molecule has 0 atom stereocenters. The van der Waals surface area contributed by atoms with Gasteiger partial charge in [-0.2, -0.15) is 0 Å². The SMILES string of the molecule is CCOC[C]1[C](C)[C](C)[C](C)[C]1C.[Ir].c1ccc(P(CP(c2ccccc2)c2ccccc2)c2ccccc2)cc1. The second kappa shape index (κ2) is 17.5. The minimum absolute atomic E-state index is 0. The standard InChI is InChI=1S/C25H22P2.C12H19O.Ir/c1-5-13-22(14-6-1)26(23-15-7-2-8-16-23)21-27(24-17-9-3-10-18-24)25-19-11-4-12-20-25;1-6-13-7-12-10(4)8(2)9(3)11(12)5;/h1-20H,21H2;6-7H2,1-5H3;. The molecule has 1 nitrogen and oxygen atoms in total. The van der Waals surface area contributed by atoms with E-state index in [-0.39, 0.29) is 20.1 Å². The molecule has 0 unspecified atom stereocenters. The molecule has 0 aliphatic heterocycles. The maximum atomic E-state index is 5.45. The summed E-state index contributed by atoms with van der Waals surface area (Å²) in [6.07, 6.45) is 0. The van der Waals surface area contributed by atoms with Crippen molar-refractivity contribution >= 4 is 37.1 Å². The van der Waals surface area contributed by atoms with Crippen molar-refractivity contribution in [2.24, 2.45) is 0 Å². The summed E-state index contributed by atoms with van der Waals surface area (Å²) in [5.41, 5.74) is 0. The van der Waals surface area contributed by atoms with Crippen LogP contribution in [0.25, 0.3) is 0 Å². The largest absolute Gasteiger partial charge is 0.381 e. The van der Waals surface area contributed by atoms with Crippen molar-refractivity contribution in [1.82, 2.24) is 0 Å². The molecule has 6 radical (unpaired) electrons. The molecule has 0 amide bonds. The van der Waals surface area contributed by atoms with Crippen molar-refractivity contribution in [1.29, 1.82) is 0 Å². The van der Waals surface area contributed by atoms with Crippen LogP contribution in [-0.4, -0.2) is 19.1 Å². The van der Waals surface area contributed by atoms with Crippen molar-refractivity contribution in [3.8, 4) is 0 Å². The molecule has 0 bridgehead atoms. The zero-order valence-corrected chi connectivity index (χ0v) is 29.0. The molecule has 1 aliphatic rings. The van der Waals surface area contributed by atoms with Crippen LogP contribution in [0.3, 0.4) is 0 Å². The van der Waals surface area contributed by atoms with Crippen LogP contribution >= 0.6 is 15.8 Å². The minimum Gasteiger partial charge on any atom is -0.381 e. The molecular formula is C37H41IrOP2. The van der Waals surface area contributed by atoms with Crippen LogP contribution in [0.15, 0.2) is 121 Å². The summed E-state index contributed by atoms with van der Waals surface area (Å²) >= 11 is 0. The quantitative estimate of drug-likeness (QED) is 0.157. The summed E-state index contributed by atoms with van der Waals surface area (Å²) in [4.78, 5) is 0. The predicted molar refractivity (Wildman–Crippen MR) is 178 cm³/mol. The molecular weight excluding hydrogens is 715 g/mol. The Balaban J connectivity index is 0.000000280. The number of hydrogen-bond donors (Lipinski definition) is 0. The Morgan fingerprint density at radius 1 is 0.463 bits per heavy atom. The summed E-state index contributed by atoms with van der Waals surface area (Å²) in [7, 11) is -0.817. The van der Waals surface area contributed by atoms with Gasteiger partial charge in [0.2, 0.25) is 0 Å². The van der Waals surface area contributed by atoms with E-state index in [2.05, 4.69) is 149 Å². The molecule has 214 valence electrons. The van der Waals surface area contributed by atoms with Gasteiger partial charge in [0, 0.05) is 38.5 Å². The third kappa shape index (κ3) is 9.17. The van der Waals surface area contributed by atoms with Crippen molar-refractivity contribution in [2.75, 3.05) is 19.1 Å². The molecule has 0 saturated heterocycles. The monoisotopic (exact) mass is 756 g/mol. The fraction of sp³-hybridized carbons (Fsp3) is 0.216. The van der Waals surface area contributed by atoms with Gasteiger partial charge in [0.05, 0.1) is 6.61 Å². The zero-order chi connectivity index (χ0) is 28.3. The Bertz CT molecular complexity index is 1070. The molecule has 4 aromatic carbocycles. The molecule has 0 heterocycles. The Morgan fingerprint density at radius 3 is 1.02 bits per heavy atom. The van der Waals surface area contributed by atoms with Crippen molar-refractivity contribution in [3.05, 3.63) is 151 Å². The van der Waals surface area contributed by atoms with Gasteiger partial charge in [-0.25, -0.2) is 0 Å². The molecule has 5 rings (SSSR count). The molecule has 4 aromatic rings. The van der Waals surface area contributed by atoms with E-state index in [0.717, 1.165) is 13.2 Å². The smallest absolute Gasteiger partial charge is 0.0540 e. The van der Waals surface area contributed by atoms with Gasteiger partial charge in [0.25, 0.3) is 0 Å². The Hall–Kier alpha value is -1.65. The normalized spacial score (nSPS) is 15.1.